The highest BCUT2D eigenvalue weighted by atomic mass is 32.1. The van der Waals surface area contributed by atoms with Gasteiger partial charge in [-0.05, 0) is 92.6 Å². The lowest BCUT2D eigenvalue weighted by Crippen LogP contribution is -2.36. The lowest BCUT2D eigenvalue weighted by Gasteiger charge is -2.31. The van der Waals surface area contributed by atoms with Crippen LogP contribution in [-0.4, -0.2) is 46.0 Å². The minimum Gasteiger partial charge on any atom is -0.378 e. The molecule has 8 heteroatoms. The van der Waals surface area contributed by atoms with Crippen LogP contribution in [0.15, 0.2) is 73.1 Å². The van der Waals surface area contributed by atoms with Crippen LogP contribution in [0.3, 0.4) is 0 Å². The number of hydrogen-bond donors (Lipinski definition) is 1. The summed E-state index contributed by atoms with van der Waals surface area (Å²) in [4.78, 5) is 14.0. The van der Waals surface area contributed by atoms with Crippen molar-refractivity contribution in [1.82, 2.24) is 19.9 Å². The Labute approximate surface area is 229 Å². The van der Waals surface area contributed by atoms with Crippen molar-refractivity contribution >= 4 is 28.7 Å². The van der Waals surface area contributed by atoms with Crippen LogP contribution >= 0.6 is 12.2 Å². The predicted molar refractivity (Wildman–Crippen MR) is 155 cm³/mol. The van der Waals surface area contributed by atoms with E-state index in [1.54, 1.807) is 0 Å². The first-order valence-electron chi connectivity index (χ1n) is 13.1. The van der Waals surface area contributed by atoms with Crippen molar-refractivity contribution in [2.75, 3.05) is 36.1 Å². The Bertz CT molecular complexity index is 1430. The first-order chi connectivity index (χ1) is 18.5. The van der Waals surface area contributed by atoms with Crippen molar-refractivity contribution in [3.63, 3.8) is 0 Å². The summed E-state index contributed by atoms with van der Waals surface area (Å²) in [6.07, 6.45) is 3.76. The van der Waals surface area contributed by atoms with Crippen LogP contribution in [0.25, 0.3) is 5.82 Å². The second kappa shape index (κ2) is 10.2. The summed E-state index contributed by atoms with van der Waals surface area (Å²) >= 11 is 5.97. The SMILES string of the molecule is Cc1ccc(-n2c(C)cc([C@H]3[C@@H](c4ccccn4)NC(=S)N3c3ccc(N4CCOCC4)cc3)c2C)nc1. The average molecular weight is 525 g/mol. The molecule has 2 atom stereocenters. The van der Waals surface area contributed by atoms with Crippen LogP contribution in [0.4, 0.5) is 11.4 Å². The van der Waals surface area contributed by atoms with Gasteiger partial charge in [-0.3, -0.25) is 4.98 Å². The molecule has 0 aliphatic carbocycles. The van der Waals surface area contributed by atoms with Crippen LogP contribution in [0.5, 0.6) is 0 Å². The van der Waals surface area contributed by atoms with Gasteiger partial charge in [0.25, 0.3) is 0 Å². The van der Waals surface area contributed by atoms with Gasteiger partial charge in [0.15, 0.2) is 5.11 Å². The van der Waals surface area contributed by atoms with Gasteiger partial charge in [0.2, 0.25) is 0 Å². The smallest absolute Gasteiger partial charge is 0.174 e. The van der Waals surface area contributed by atoms with Gasteiger partial charge in [-0.15, -0.1) is 0 Å². The third-order valence-electron chi connectivity index (χ3n) is 7.52. The summed E-state index contributed by atoms with van der Waals surface area (Å²) in [5.41, 5.74) is 7.84. The van der Waals surface area contributed by atoms with Crippen LogP contribution in [-0.2, 0) is 4.74 Å². The molecule has 5 heterocycles. The summed E-state index contributed by atoms with van der Waals surface area (Å²) in [5.74, 6) is 0.918. The number of anilines is 2. The number of benzene rings is 1. The Morgan fingerprint density at radius 2 is 1.68 bits per heavy atom. The quantitative estimate of drug-likeness (QED) is 0.360. The Morgan fingerprint density at radius 3 is 2.37 bits per heavy atom. The Morgan fingerprint density at radius 1 is 0.921 bits per heavy atom. The van der Waals surface area contributed by atoms with Gasteiger partial charge >= 0.3 is 0 Å². The fourth-order valence-corrected chi connectivity index (χ4v) is 5.97. The minimum absolute atomic E-state index is 0.0722. The molecule has 2 saturated heterocycles. The van der Waals surface area contributed by atoms with E-state index in [0.717, 1.165) is 60.5 Å². The molecule has 4 aromatic rings. The zero-order chi connectivity index (χ0) is 26.2. The Balaban J connectivity index is 1.43. The van der Waals surface area contributed by atoms with Crippen LogP contribution < -0.4 is 15.1 Å². The Kier molecular flexibility index (Phi) is 6.59. The average Bonchev–Trinajstić information content (AvgIpc) is 3.45. The van der Waals surface area contributed by atoms with Crippen molar-refractivity contribution in [3.8, 4) is 5.82 Å². The van der Waals surface area contributed by atoms with Gasteiger partial charge in [0, 0.05) is 48.2 Å². The molecule has 0 spiro atoms. The van der Waals surface area contributed by atoms with E-state index < -0.39 is 0 Å². The number of hydrogen-bond acceptors (Lipinski definition) is 5. The molecule has 194 valence electrons. The van der Waals surface area contributed by atoms with E-state index in [2.05, 4.69) is 89.0 Å². The molecule has 38 heavy (non-hydrogen) atoms. The highest BCUT2D eigenvalue weighted by Crippen LogP contribution is 2.44. The molecule has 0 amide bonds. The maximum absolute atomic E-state index is 5.97. The molecule has 7 nitrogen and oxygen atoms in total. The molecule has 0 radical (unpaired) electrons. The van der Waals surface area contributed by atoms with Gasteiger partial charge < -0.3 is 24.4 Å². The molecule has 6 rings (SSSR count). The molecule has 0 unspecified atom stereocenters. The van der Waals surface area contributed by atoms with Gasteiger partial charge in [0.05, 0.1) is 31.0 Å². The lowest BCUT2D eigenvalue weighted by molar-refractivity contribution is 0.122. The standard InChI is InChI=1S/C30H32N6OS/c1-20-7-12-27(32-19-20)35-21(2)18-25(22(35)3)29-28(26-6-4-5-13-31-26)33-30(38)36(29)24-10-8-23(9-11-24)34-14-16-37-17-15-34/h4-13,18-19,28-29H,14-17H2,1-3H3,(H,33,38)/t28-,29+/m1/s1. The number of aromatic nitrogens is 3. The first kappa shape index (κ1) is 24.6. The van der Waals surface area contributed by atoms with E-state index in [0.29, 0.717) is 5.11 Å². The number of aryl methyl sites for hydroxylation is 2. The topological polar surface area (TPSA) is 58.5 Å². The maximum atomic E-state index is 5.97. The summed E-state index contributed by atoms with van der Waals surface area (Å²) in [7, 11) is 0. The largest absolute Gasteiger partial charge is 0.378 e. The molecule has 0 bridgehead atoms. The van der Waals surface area contributed by atoms with Gasteiger partial charge in [-0.2, -0.15) is 0 Å². The second-order valence-corrected chi connectivity index (χ2v) is 10.4. The van der Waals surface area contributed by atoms with Gasteiger partial charge in [-0.25, -0.2) is 4.98 Å². The van der Waals surface area contributed by atoms with Crippen LogP contribution in [0.2, 0.25) is 0 Å². The number of pyridine rings is 2. The highest BCUT2D eigenvalue weighted by Gasteiger charge is 2.42. The first-order valence-corrected chi connectivity index (χ1v) is 13.5. The second-order valence-electron chi connectivity index (χ2n) is 9.97. The summed E-state index contributed by atoms with van der Waals surface area (Å²) < 4.78 is 7.76. The Hall–Kier alpha value is -3.75. The third kappa shape index (κ3) is 4.44. The van der Waals surface area contributed by atoms with Crippen molar-refractivity contribution < 1.29 is 4.74 Å². The third-order valence-corrected chi connectivity index (χ3v) is 7.83. The van der Waals surface area contributed by atoms with E-state index in [1.807, 2.05) is 24.5 Å². The molecule has 2 aliphatic rings. The van der Waals surface area contributed by atoms with E-state index in [1.165, 1.54) is 11.3 Å². The summed E-state index contributed by atoms with van der Waals surface area (Å²) in [6, 6.07) is 21.1. The molecule has 0 saturated carbocycles. The number of nitrogens with zero attached hydrogens (tertiary/aromatic N) is 5. The van der Waals surface area contributed by atoms with Crippen LogP contribution in [0, 0.1) is 20.8 Å². The van der Waals surface area contributed by atoms with E-state index in [4.69, 9.17) is 26.9 Å². The highest BCUT2D eigenvalue weighted by molar-refractivity contribution is 7.80. The lowest BCUT2D eigenvalue weighted by atomic mass is 9.96. The molecule has 1 aromatic carbocycles. The number of morpholine rings is 1. The van der Waals surface area contributed by atoms with Crippen molar-refractivity contribution in [1.29, 1.82) is 0 Å². The normalized spacial score (nSPS) is 19.6. The maximum Gasteiger partial charge on any atom is 0.174 e. The van der Waals surface area contributed by atoms with Crippen molar-refractivity contribution in [3.05, 3.63) is 101 Å². The molecular weight excluding hydrogens is 492 g/mol. The molecule has 3 aromatic heterocycles. The van der Waals surface area contributed by atoms with Gasteiger partial charge in [-0.1, -0.05) is 12.1 Å². The predicted octanol–water partition coefficient (Wildman–Crippen LogP) is 5.21. The van der Waals surface area contributed by atoms with E-state index >= 15 is 0 Å². The summed E-state index contributed by atoms with van der Waals surface area (Å²) in [6.45, 7) is 9.71. The van der Waals surface area contributed by atoms with E-state index in [9.17, 15) is 0 Å². The fourth-order valence-electron chi connectivity index (χ4n) is 5.63. The zero-order valence-corrected chi connectivity index (χ0v) is 22.8. The fraction of sp³-hybridized carbons (Fsp3) is 0.300. The number of ether oxygens (including phenoxy) is 1. The van der Waals surface area contributed by atoms with Crippen LogP contribution in [0.1, 0.15) is 40.3 Å². The molecular formula is C30H32N6OS. The molecule has 2 aliphatic heterocycles. The zero-order valence-electron chi connectivity index (χ0n) is 22.0. The van der Waals surface area contributed by atoms with Crippen molar-refractivity contribution in [2.45, 2.75) is 32.9 Å². The van der Waals surface area contributed by atoms with E-state index in [-0.39, 0.29) is 12.1 Å². The van der Waals surface area contributed by atoms with Crippen molar-refractivity contribution in [2.24, 2.45) is 0 Å². The van der Waals surface area contributed by atoms with Gasteiger partial charge in [0.1, 0.15) is 5.82 Å². The molecule has 1 N–H and O–H groups in total. The molecule has 2 fully saturated rings. The number of nitrogens with one attached hydrogen (secondary N) is 1. The number of thiocarbonyl (C=S) groups is 1. The minimum atomic E-state index is -0.0949. The monoisotopic (exact) mass is 524 g/mol. The summed E-state index contributed by atoms with van der Waals surface area (Å²) in [5, 5.41) is 4.29. The number of rotatable bonds is 5.